The quantitative estimate of drug-likeness (QED) is 0.191. The zero-order valence-electron chi connectivity index (χ0n) is 14.0. The highest BCUT2D eigenvalue weighted by Gasteiger charge is 2.33. The molecule has 152 valence electrons. The fourth-order valence-electron chi connectivity index (χ4n) is 1.84. The molecule has 0 atom stereocenters. The van der Waals surface area contributed by atoms with Crippen molar-refractivity contribution in [2.45, 2.75) is 25.3 Å². The molecule has 0 aromatic carbocycles. The highest BCUT2D eigenvalue weighted by Crippen LogP contribution is 2.29. The summed E-state index contributed by atoms with van der Waals surface area (Å²) in [6.07, 6.45) is -8.26. The normalized spacial score (nSPS) is 12.9. The van der Waals surface area contributed by atoms with Gasteiger partial charge in [-0.3, -0.25) is 9.89 Å². The van der Waals surface area contributed by atoms with Crippen LogP contribution in [0.3, 0.4) is 0 Å². The maximum atomic E-state index is 12.5. The van der Waals surface area contributed by atoms with Gasteiger partial charge in [-0.25, -0.2) is 4.98 Å². The van der Waals surface area contributed by atoms with E-state index in [0.29, 0.717) is 18.9 Å². The van der Waals surface area contributed by atoms with Crippen LogP contribution in [0.5, 0.6) is 0 Å². The Bertz CT molecular complexity index is 560. The van der Waals surface area contributed by atoms with Crippen LogP contribution in [0.4, 0.5) is 26.3 Å². The van der Waals surface area contributed by atoms with E-state index in [9.17, 15) is 26.3 Å². The summed E-state index contributed by atoms with van der Waals surface area (Å²) < 4.78 is 73.9. The predicted molar refractivity (Wildman–Crippen MR) is 98.9 cm³/mol. The van der Waals surface area contributed by atoms with Crippen LogP contribution in [0.15, 0.2) is 10.4 Å². The van der Waals surface area contributed by atoms with E-state index in [2.05, 4.69) is 20.6 Å². The molecule has 0 amide bonds. The topological polar surface area (TPSA) is 52.6 Å². The summed E-state index contributed by atoms with van der Waals surface area (Å²) in [5.74, 6) is 0.335. The van der Waals surface area contributed by atoms with Crippen molar-refractivity contribution in [2.75, 3.05) is 33.7 Å². The largest absolute Gasteiger partial charge is 0.434 e. The summed E-state index contributed by atoms with van der Waals surface area (Å²) in [4.78, 5) is 8.53. The molecule has 0 unspecified atom stereocenters. The summed E-state index contributed by atoms with van der Waals surface area (Å²) in [7, 11) is 2.86. The number of thiazole rings is 1. The second-order valence-corrected chi connectivity index (χ2v) is 6.13. The zero-order valence-corrected chi connectivity index (χ0v) is 17.2. The Morgan fingerprint density at radius 1 is 1.23 bits per heavy atom. The van der Waals surface area contributed by atoms with Crippen molar-refractivity contribution in [2.24, 2.45) is 4.99 Å². The molecule has 1 rings (SSSR count). The molecule has 0 radical (unpaired) electrons. The average molecular weight is 519 g/mol. The van der Waals surface area contributed by atoms with Gasteiger partial charge in [0.05, 0.1) is 13.1 Å². The number of guanidine groups is 1. The minimum Gasteiger partial charge on any atom is -0.356 e. The molecule has 5 nitrogen and oxygen atoms in total. The van der Waals surface area contributed by atoms with Crippen molar-refractivity contribution in [3.8, 4) is 0 Å². The minimum absolute atomic E-state index is 0. The Kier molecular flexibility index (Phi) is 10.8. The SMILES string of the molecule is CN=C(NCCCN(C)CC(F)(F)F)NCc1nc(C(F)(F)F)cs1.I. The fraction of sp³-hybridized carbons (Fsp3) is 0.692. The lowest BCUT2D eigenvalue weighted by Gasteiger charge is -2.18. The van der Waals surface area contributed by atoms with E-state index in [0.717, 1.165) is 21.6 Å². The molecule has 2 N–H and O–H groups in total. The summed E-state index contributed by atoms with van der Waals surface area (Å²) in [6.45, 7) is -0.307. The number of aromatic nitrogens is 1. The van der Waals surface area contributed by atoms with Crippen LogP contribution < -0.4 is 10.6 Å². The van der Waals surface area contributed by atoms with Gasteiger partial charge < -0.3 is 10.6 Å². The number of nitrogens with zero attached hydrogens (tertiary/aromatic N) is 3. The maximum Gasteiger partial charge on any atom is 0.434 e. The van der Waals surface area contributed by atoms with Crippen molar-refractivity contribution < 1.29 is 26.3 Å². The van der Waals surface area contributed by atoms with Crippen molar-refractivity contribution in [1.29, 1.82) is 0 Å². The number of aliphatic imine (C=N–C) groups is 1. The molecule has 1 aromatic rings. The van der Waals surface area contributed by atoms with E-state index in [4.69, 9.17) is 0 Å². The van der Waals surface area contributed by atoms with Gasteiger partial charge in [0.25, 0.3) is 0 Å². The third kappa shape index (κ3) is 10.4. The summed E-state index contributed by atoms with van der Waals surface area (Å²) in [6, 6.07) is 0. The molecule has 0 fully saturated rings. The molecule has 1 aromatic heterocycles. The smallest absolute Gasteiger partial charge is 0.356 e. The zero-order chi connectivity index (χ0) is 19.1. The molecule has 0 saturated heterocycles. The number of rotatable bonds is 7. The number of alkyl halides is 6. The van der Waals surface area contributed by atoms with E-state index in [1.807, 2.05) is 0 Å². The van der Waals surface area contributed by atoms with Gasteiger partial charge >= 0.3 is 12.4 Å². The molecule has 0 aliphatic heterocycles. The molecule has 0 aliphatic carbocycles. The van der Waals surface area contributed by atoms with Crippen LogP contribution in [-0.4, -0.2) is 55.7 Å². The second kappa shape index (κ2) is 11.1. The first-order valence-corrected chi connectivity index (χ1v) is 8.10. The first-order chi connectivity index (χ1) is 11.5. The van der Waals surface area contributed by atoms with Crippen LogP contribution in [0.25, 0.3) is 0 Å². The van der Waals surface area contributed by atoms with E-state index >= 15 is 0 Å². The highest BCUT2D eigenvalue weighted by molar-refractivity contribution is 14.0. The van der Waals surface area contributed by atoms with Gasteiger partial charge in [-0.2, -0.15) is 26.3 Å². The minimum atomic E-state index is -4.48. The highest BCUT2D eigenvalue weighted by atomic mass is 127. The lowest BCUT2D eigenvalue weighted by molar-refractivity contribution is -0.143. The van der Waals surface area contributed by atoms with Gasteiger partial charge in [0.2, 0.25) is 0 Å². The molecule has 0 aliphatic rings. The van der Waals surface area contributed by atoms with E-state index < -0.39 is 24.6 Å². The Hall–Kier alpha value is -0.830. The molecule has 26 heavy (non-hydrogen) atoms. The van der Waals surface area contributed by atoms with Crippen molar-refractivity contribution in [3.05, 3.63) is 16.1 Å². The van der Waals surface area contributed by atoms with Crippen LogP contribution in [0, 0.1) is 0 Å². The molecule has 0 bridgehead atoms. The van der Waals surface area contributed by atoms with Crippen LogP contribution in [-0.2, 0) is 12.7 Å². The van der Waals surface area contributed by atoms with Crippen molar-refractivity contribution >= 4 is 41.3 Å². The van der Waals surface area contributed by atoms with Gasteiger partial charge in [-0.15, -0.1) is 35.3 Å². The molecular weight excluding hydrogens is 499 g/mol. The second-order valence-electron chi connectivity index (χ2n) is 5.18. The third-order valence-corrected chi connectivity index (χ3v) is 3.78. The lowest BCUT2D eigenvalue weighted by Crippen LogP contribution is -2.39. The summed E-state index contributed by atoms with van der Waals surface area (Å²) in [5, 5.41) is 6.87. The number of nitrogens with one attached hydrogen (secondary N) is 2. The number of halogens is 7. The average Bonchev–Trinajstić information content (AvgIpc) is 2.93. The Morgan fingerprint density at radius 3 is 2.38 bits per heavy atom. The van der Waals surface area contributed by atoms with Gasteiger partial charge in [0, 0.05) is 19.0 Å². The molecule has 13 heteroatoms. The molecule has 1 heterocycles. The summed E-state index contributed by atoms with van der Waals surface area (Å²) >= 11 is 0.877. The van der Waals surface area contributed by atoms with E-state index in [1.54, 1.807) is 0 Å². The van der Waals surface area contributed by atoms with Crippen LogP contribution in [0.1, 0.15) is 17.1 Å². The van der Waals surface area contributed by atoms with Crippen molar-refractivity contribution in [3.63, 3.8) is 0 Å². The fourth-order valence-corrected chi connectivity index (χ4v) is 2.58. The van der Waals surface area contributed by atoms with Crippen molar-refractivity contribution in [1.82, 2.24) is 20.5 Å². The first kappa shape index (κ1) is 25.2. The summed E-state index contributed by atoms with van der Waals surface area (Å²) in [5.41, 5.74) is -0.940. The van der Waals surface area contributed by atoms with Gasteiger partial charge in [-0.05, 0) is 20.0 Å². The van der Waals surface area contributed by atoms with E-state index in [1.165, 1.54) is 14.1 Å². The number of hydrogen-bond acceptors (Lipinski definition) is 4. The lowest BCUT2D eigenvalue weighted by atomic mass is 10.4. The van der Waals surface area contributed by atoms with E-state index in [-0.39, 0.29) is 42.1 Å². The first-order valence-electron chi connectivity index (χ1n) is 7.22. The Balaban J connectivity index is 0.00000625. The molecular formula is C13H20F6IN5S. The van der Waals surface area contributed by atoms with Crippen LogP contribution in [0.2, 0.25) is 0 Å². The van der Waals surface area contributed by atoms with Gasteiger partial charge in [-0.1, -0.05) is 0 Å². The van der Waals surface area contributed by atoms with Gasteiger partial charge in [0.15, 0.2) is 11.7 Å². The standard InChI is InChI=1S/C13H19F6N5S.HI/c1-20-11(21-4-3-5-24(2)8-12(14,15)16)22-6-10-23-9(7-25-10)13(17,18)19;/h7H,3-6,8H2,1-2H3,(H2,20,21,22);1H. The third-order valence-electron chi connectivity index (χ3n) is 2.93. The maximum absolute atomic E-state index is 12.5. The Labute approximate surface area is 168 Å². The molecule has 0 spiro atoms. The van der Waals surface area contributed by atoms with Crippen LogP contribution >= 0.6 is 35.3 Å². The van der Waals surface area contributed by atoms with Gasteiger partial charge in [0.1, 0.15) is 5.01 Å². The Morgan fingerprint density at radius 2 is 1.88 bits per heavy atom. The predicted octanol–water partition coefficient (Wildman–Crippen LogP) is 3.33. The number of hydrogen-bond donors (Lipinski definition) is 2. The molecule has 0 saturated carbocycles. The monoisotopic (exact) mass is 519 g/mol.